The molecule has 2 saturated carbocycles. The molecule has 1 saturated heterocycles. The molecule has 2 aliphatic carbocycles. The number of anilines is 1. The zero-order chi connectivity index (χ0) is 35.4. The lowest BCUT2D eigenvalue weighted by Gasteiger charge is -2.35. The average Bonchev–Trinajstić information content (AvgIpc) is 3.96. The number of carbonyl (C=O) groups excluding carboxylic acids is 3. The quantitative estimate of drug-likeness (QED) is 0.318. The summed E-state index contributed by atoms with van der Waals surface area (Å²) in [5.74, 6) is -1.74. The van der Waals surface area contributed by atoms with Gasteiger partial charge in [0.1, 0.15) is 23.7 Å². The van der Waals surface area contributed by atoms with Crippen LogP contribution < -0.4 is 20.1 Å². The van der Waals surface area contributed by atoms with Gasteiger partial charge in [0.2, 0.25) is 27.7 Å². The fourth-order valence-corrected chi connectivity index (χ4v) is 8.92. The van der Waals surface area contributed by atoms with Crippen molar-refractivity contribution in [1.29, 1.82) is 0 Å². The van der Waals surface area contributed by atoms with Crippen molar-refractivity contribution in [3.8, 4) is 5.88 Å². The van der Waals surface area contributed by atoms with Crippen molar-refractivity contribution in [2.45, 2.75) is 88.3 Å². The number of ether oxygens (including phenoxy) is 1. The van der Waals surface area contributed by atoms with Crippen LogP contribution in [0.2, 0.25) is 0 Å². The van der Waals surface area contributed by atoms with Crippen molar-refractivity contribution in [2.75, 3.05) is 11.9 Å². The fraction of sp³-hybridized carbons (Fsp3) is 0.472. The number of carbonyl (C=O) groups is 3. The molecule has 264 valence electrons. The minimum atomic E-state index is -3.85. The molecular weight excluding hydrogens is 677 g/mol. The molecule has 50 heavy (non-hydrogen) atoms. The Hall–Kier alpha value is -4.30. The number of nitrogens with one attached hydrogen (secondary N) is 3. The van der Waals surface area contributed by atoms with Crippen LogP contribution in [0.1, 0.15) is 64.1 Å². The first-order valence-corrected chi connectivity index (χ1v) is 19.4. The third-order valence-corrected chi connectivity index (χ3v) is 12.6. The number of fused-ring (bicyclic) bond motifs is 5. The highest BCUT2D eigenvalue weighted by Gasteiger charge is 2.62. The summed E-state index contributed by atoms with van der Waals surface area (Å²) in [6, 6.07) is 6.19. The van der Waals surface area contributed by atoms with Crippen molar-refractivity contribution in [3.63, 3.8) is 0 Å². The van der Waals surface area contributed by atoms with Gasteiger partial charge in [-0.2, -0.15) is 0 Å². The van der Waals surface area contributed by atoms with E-state index in [0.717, 1.165) is 34.9 Å². The Bertz CT molecular complexity index is 2000. The van der Waals surface area contributed by atoms with E-state index in [1.54, 1.807) is 12.3 Å². The van der Waals surface area contributed by atoms with Crippen LogP contribution in [0, 0.1) is 11.3 Å². The molecule has 12 nitrogen and oxygen atoms in total. The van der Waals surface area contributed by atoms with E-state index in [1.165, 1.54) is 16.2 Å². The van der Waals surface area contributed by atoms with E-state index in [9.17, 15) is 22.8 Å². The highest BCUT2D eigenvalue weighted by atomic mass is 32.2. The molecule has 3 fully saturated rings. The molecule has 14 heteroatoms. The van der Waals surface area contributed by atoms with Gasteiger partial charge >= 0.3 is 0 Å². The monoisotopic (exact) mass is 718 g/mol. The van der Waals surface area contributed by atoms with Crippen LogP contribution in [-0.4, -0.2) is 76.5 Å². The molecule has 3 N–H and O–H groups in total. The maximum absolute atomic E-state index is 14.6. The number of sulfonamides is 1. The van der Waals surface area contributed by atoms with Gasteiger partial charge in [-0.1, -0.05) is 51.1 Å². The van der Waals surface area contributed by atoms with Crippen LogP contribution >= 0.6 is 11.3 Å². The number of pyridine rings is 1. The second-order valence-corrected chi connectivity index (χ2v) is 17.6. The Labute approximate surface area is 295 Å². The maximum atomic E-state index is 14.6. The van der Waals surface area contributed by atoms with Crippen molar-refractivity contribution < 1.29 is 27.5 Å². The van der Waals surface area contributed by atoms with Crippen LogP contribution in [0.4, 0.5) is 5.13 Å². The number of benzene rings is 1. The molecule has 1 unspecified atom stereocenters. The second kappa shape index (κ2) is 12.8. The standard InChI is InChI=1S/C36H42N6O6S2/c1-5-23-18-36(23,33(45)41-50(46,47)26-12-13-26)40-30(43)28-17-25-19-42(28)32(44)29(35(2,3)4)39-34-38-24(20-49-34)9-7-6-8-21-10-11-22-14-15-37-31(48-25)27(22)16-21/h5-6,8,10-11,14-16,20,23,25-26,28-29H,1,7,9,12-13,17-19H2,2-4H3,(H,38,39)(H,40,43)(H,41,45)/b8-6+/t23-,25-,28+,29?,36-/m1/s1. The van der Waals surface area contributed by atoms with E-state index < -0.39 is 62.1 Å². The number of aromatic nitrogens is 2. The molecule has 4 aliphatic rings. The lowest BCUT2D eigenvalue weighted by molar-refractivity contribution is -0.141. The van der Waals surface area contributed by atoms with Crippen LogP contribution in [-0.2, 0) is 30.8 Å². The number of hydrogen-bond acceptors (Lipinski definition) is 10. The largest absolute Gasteiger partial charge is 0.472 e. The second-order valence-electron chi connectivity index (χ2n) is 14.8. The molecule has 3 aromatic rings. The van der Waals surface area contributed by atoms with Gasteiger partial charge in [0.15, 0.2) is 5.13 Å². The maximum Gasteiger partial charge on any atom is 0.259 e. The first-order valence-electron chi connectivity index (χ1n) is 17.0. The number of thiazole rings is 1. The Morgan fingerprint density at radius 1 is 1.22 bits per heavy atom. The minimum Gasteiger partial charge on any atom is -0.472 e. The van der Waals surface area contributed by atoms with Gasteiger partial charge in [-0.05, 0) is 60.6 Å². The molecule has 6 bridgehead atoms. The molecule has 0 radical (unpaired) electrons. The minimum absolute atomic E-state index is 0.0894. The van der Waals surface area contributed by atoms with E-state index in [1.807, 2.05) is 50.4 Å². The number of hydrogen-bond donors (Lipinski definition) is 3. The van der Waals surface area contributed by atoms with Gasteiger partial charge < -0.3 is 20.3 Å². The zero-order valence-corrected chi connectivity index (χ0v) is 30.0. The topological polar surface area (TPSA) is 160 Å². The molecule has 5 atom stereocenters. The van der Waals surface area contributed by atoms with Gasteiger partial charge in [0.25, 0.3) is 5.91 Å². The Kier molecular flexibility index (Phi) is 8.74. The Balaban J connectivity index is 1.24. The number of amides is 3. The average molecular weight is 719 g/mol. The molecule has 7 rings (SSSR count). The lowest BCUT2D eigenvalue weighted by atomic mass is 9.85. The van der Waals surface area contributed by atoms with Gasteiger partial charge in [-0.3, -0.25) is 19.1 Å². The van der Waals surface area contributed by atoms with Crippen molar-refractivity contribution in [1.82, 2.24) is 24.9 Å². The zero-order valence-electron chi connectivity index (χ0n) is 28.3. The SMILES string of the molecule is C=C[C@@H]1C[C@]1(NC(=O)[C@@H]1C[C@@H]2CN1C(=O)C(C(C)(C)C)Nc1nc(cs1)CC/C=C/c1ccc3ccnc(c3c1)O2)C(=O)NS(=O)(=O)C1CC1. The number of nitrogens with zero attached hydrogens (tertiary/aromatic N) is 3. The van der Waals surface area contributed by atoms with Gasteiger partial charge in [0, 0.05) is 29.3 Å². The Morgan fingerprint density at radius 3 is 2.74 bits per heavy atom. The van der Waals surface area contributed by atoms with Crippen molar-refractivity contribution in [3.05, 3.63) is 65.8 Å². The number of aryl methyl sites for hydroxylation is 1. The summed E-state index contributed by atoms with van der Waals surface area (Å²) in [7, 11) is -3.85. The number of rotatable bonds is 6. The molecule has 0 spiro atoms. The molecule has 2 aliphatic heterocycles. The summed E-state index contributed by atoms with van der Waals surface area (Å²) in [6.45, 7) is 9.73. The van der Waals surface area contributed by atoms with Crippen LogP contribution in [0.3, 0.4) is 0 Å². The predicted octanol–water partition coefficient (Wildman–Crippen LogP) is 4.20. The third kappa shape index (κ3) is 6.74. The third-order valence-electron chi connectivity index (χ3n) is 9.94. The number of allylic oxidation sites excluding steroid dienone is 1. The molecule has 4 heterocycles. The summed E-state index contributed by atoms with van der Waals surface area (Å²) >= 11 is 1.43. The van der Waals surface area contributed by atoms with E-state index in [0.29, 0.717) is 23.9 Å². The van der Waals surface area contributed by atoms with Crippen molar-refractivity contribution in [2.24, 2.45) is 11.3 Å². The van der Waals surface area contributed by atoms with Gasteiger partial charge in [-0.25, -0.2) is 18.4 Å². The summed E-state index contributed by atoms with van der Waals surface area (Å²) in [4.78, 5) is 53.2. The molecule has 3 amide bonds. The van der Waals surface area contributed by atoms with Crippen LogP contribution in [0.15, 0.2) is 54.6 Å². The summed E-state index contributed by atoms with van der Waals surface area (Å²) in [5.41, 5.74) is -0.170. The van der Waals surface area contributed by atoms with Gasteiger partial charge in [0.05, 0.1) is 17.5 Å². The molecule has 2 aromatic heterocycles. The van der Waals surface area contributed by atoms with Crippen molar-refractivity contribution >= 4 is 61.1 Å². The van der Waals surface area contributed by atoms with E-state index in [4.69, 9.17) is 9.72 Å². The highest BCUT2D eigenvalue weighted by Crippen LogP contribution is 2.45. The highest BCUT2D eigenvalue weighted by molar-refractivity contribution is 7.91. The first kappa shape index (κ1) is 34.2. The van der Waals surface area contributed by atoms with E-state index >= 15 is 0 Å². The normalized spacial score (nSPS) is 27.4. The van der Waals surface area contributed by atoms with Gasteiger partial charge in [-0.15, -0.1) is 17.9 Å². The Morgan fingerprint density at radius 2 is 2.02 bits per heavy atom. The van der Waals surface area contributed by atoms with Crippen LogP contribution in [0.5, 0.6) is 5.88 Å². The smallest absolute Gasteiger partial charge is 0.259 e. The molecule has 1 aromatic carbocycles. The lowest BCUT2D eigenvalue weighted by Crippen LogP contribution is -2.58. The van der Waals surface area contributed by atoms with Crippen LogP contribution in [0.25, 0.3) is 16.8 Å². The predicted molar refractivity (Wildman–Crippen MR) is 192 cm³/mol. The van der Waals surface area contributed by atoms with E-state index in [2.05, 4.69) is 39.1 Å². The van der Waals surface area contributed by atoms with E-state index in [-0.39, 0.29) is 25.3 Å². The first-order chi connectivity index (χ1) is 23.8. The molecular formula is C36H42N6O6S2. The fourth-order valence-electron chi connectivity index (χ4n) is 6.79. The summed E-state index contributed by atoms with van der Waals surface area (Å²) in [6.07, 6.45) is 9.60. The summed E-state index contributed by atoms with van der Waals surface area (Å²) < 4.78 is 34.1. The summed E-state index contributed by atoms with van der Waals surface area (Å²) in [5, 5.41) is 9.95.